The maximum absolute atomic E-state index is 13.7. The molecule has 38 heavy (non-hydrogen) atoms. The van der Waals surface area contributed by atoms with Crippen molar-refractivity contribution in [3.05, 3.63) is 113 Å². The van der Waals surface area contributed by atoms with Gasteiger partial charge in [-0.3, -0.25) is 4.79 Å². The Bertz CT molecular complexity index is 1550. The standard InChI is InChI=1S/C34H32O4/c1-4-36-29-18-24(15-16-27(29)37-21-22-10-6-5-7-11-22)31-32-25-13-9-8-12-23(25)14-17-28(32)38-30-20-34(2,3)19-26(35)33(30)31/h5-18,31H,4,19-21H2,1-3H3. The van der Waals surface area contributed by atoms with Crippen molar-refractivity contribution in [3.63, 3.8) is 0 Å². The molecule has 0 radical (unpaired) electrons. The van der Waals surface area contributed by atoms with Gasteiger partial charge in [0.2, 0.25) is 0 Å². The second kappa shape index (κ2) is 9.68. The SMILES string of the molecule is CCOc1cc(C2C3=C(CC(C)(C)CC3=O)Oc3ccc4ccccc4c32)ccc1OCc1ccccc1. The van der Waals surface area contributed by atoms with Gasteiger partial charge in [-0.2, -0.15) is 0 Å². The Hall–Kier alpha value is -4.05. The number of benzene rings is 4. The van der Waals surface area contributed by atoms with Crippen LogP contribution in [0.3, 0.4) is 0 Å². The zero-order chi connectivity index (χ0) is 26.3. The minimum absolute atomic E-state index is 0.138. The number of carbonyl (C=O) groups excluding carboxylic acids is 1. The first-order valence-electron chi connectivity index (χ1n) is 13.3. The summed E-state index contributed by atoms with van der Waals surface area (Å²) in [6.07, 6.45) is 1.23. The summed E-state index contributed by atoms with van der Waals surface area (Å²) < 4.78 is 18.7. The summed E-state index contributed by atoms with van der Waals surface area (Å²) in [5.41, 5.74) is 3.76. The molecule has 0 N–H and O–H groups in total. The summed E-state index contributed by atoms with van der Waals surface area (Å²) in [6, 6.07) is 28.6. The van der Waals surface area contributed by atoms with Crippen molar-refractivity contribution < 1.29 is 19.0 Å². The predicted octanol–water partition coefficient (Wildman–Crippen LogP) is 7.99. The second-order valence-electron chi connectivity index (χ2n) is 10.9. The lowest BCUT2D eigenvalue weighted by molar-refractivity contribution is -0.118. The van der Waals surface area contributed by atoms with Crippen molar-refractivity contribution in [1.82, 2.24) is 0 Å². The highest BCUT2D eigenvalue weighted by molar-refractivity contribution is 6.02. The van der Waals surface area contributed by atoms with Gasteiger partial charge >= 0.3 is 0 Å². The van der Waals surface area contributed by atoms with Crippen LogP contribution in [0.5, 0.6) is 17.2 Å². The highest BCUT2D eigenvalue weighted by atomic mass is 16.5. The van der Waals surface area contributed by atoms with Gasteiger partial charge in [-0.05, 0) is 52.4 Å². The highest BCUT2D eigenvalue weighted by Gasteiger charge is 2.42. The van der Waals surface area contributed by atoms with Gasteiger partial charge in [-0.15, -0.1) is 0 Å². The van der Waals surface area contributed by atoms with Crippen LogP contribution in [0, 0.1) is 5.41 Å². The summed E-state index contributed by atoms with van der Waals surface area (Å²) >= 11 is 0. The molecular weight excluding hydrogens is 472 g/mol. The maximum atomic E-state index is 13.7. The van der Waals surface area contributed by atoms with Crippen LogP contribution in [0.1, 0.15) is 56.2 Å². The Labute approximate surface area is 223 Å². The molecule has 0 amide bonds. The van der Waals surface area contributed by atoms with Crippen molar-refractivity contribution in [2.24, 2.45) is 5.41 Å². The van der Waals surface area contributed by atoms with E-state index >= 15 is 0 Å². The second-order valence-corrected chi connectivity index (χ2v) is 10.9. The lowest BCUT2D eigenvalue weighted by atomic mass is 9.69. The molecule has 0 saturated carbocycles. The fourth-order valence-corrected chi connectivity index (χ4v) is 5.79. The van der Waals surface area contributed by atoms with Gasteiger partial charge in [-0.1, -0.05) is 80.6 Å². The number of rotatable bonds is 6. The van der Waals surface area contributed by atoms with Gasteiger partial charge in [0.15, 0.2) is 17.3 Å². The molecule has 2 aliphatic rings. The summed E-state index contributed by atoms with van der Waals surface area (Å²) in [5.74, 6) is 2.89. The van der Waals surface area contributed by atoms with E-state index in [4.69, 9.17) is 14.2 Å². The van der Waals surface area contributed by atoms with Crippen LogP contribution in [-0.4, -0.2) is 12.4 Å². The normalized spacial score (nSPS) is 18.0. The molecule has 192 valence electrons. The van der Waals surface area contributed by atoms with E-state index in [-0.39, 0.29) is 17.1 Å². The summed E-state index contributed by atoms with van der Waals surface area (Å²) in [6.45, 7) is 7.20. The molecular formula is C34H32O4. The van der Waals surface area contributed by atoms with Crippen LogP contribution in [0.15, 0.2) is 96.3 Å². The number of Topliss-reactive ketones (excluding diaryl/α,β-unsaturated/α-hetero) is 1. The average Bonchev–Trinajstić information content (AvgIpc) is 2.91. The zero-order valence-electron chi connectivity index (χ0n) is 22.1. The van der Waals surface area contributed by atoms with Gasteiger partial charge in [0.05, 0.1) is 6.61 Å². The first-order valence-corrected chi connectivity index (χ1v) is 13.3. The molecule has 1 heterocycles. The number of fused-ring (bicyclic) bond motifs is 3. The van der Waals surface area contributed by atoms with E-state index in [0.717, 1.165) is 51.0 Å². The third-order valence-electron chi connectivity index (χ3n) is 7.46. The summed E-state index contributed by atoms with van der Waals surface area (Å²) in [7, 11) is 0. The molecule has 6 rings (SSSR count). The van der Waals surface area contributed by atoms with Crippen LogP contribution >= 0.6 is 0 Å². The zero-order valence-corrected chi connectivity index (χ0v) is 22.1. The van der Waals surface area contributed by atoms with Gasteiger partial charge in [0.1, 0.15) is 18.1 Å². The van der Waals surface area contributed by atoms with Crippen LogP contribution in [0.25, 0.3) is 10.8 Å². The molecule has 4 aromatic rings. The molecule has 4 heteroatoms. The highest BCUT2D eigenvalue weighted by Crippen LogP contribution is 2.52. The Balaban J connectivity index is 1.49. The molecule has 4 aromatic carbocycles. The maximum Gasteiger partial charge on any atom is 0.163 e. The lowest BCUT2D eigenvalue weighted by Gasteiger charge is -2.39. The topological polar surface area (TPSA) is 44.8 Å². The quantitative estimate of drug-likeness (QED) is 0.267. The van der Waals surface area contributed by atoms with E-state index in [0.29, 0.717) is 31.1 Å². The number of allylic oxidation sites excluding steroid dienone is 2. The van der Waals surface area contributed by atoms with Crippen molar-refractivity contribution in [1.29, 1.82) is 0 Å². The molecule has 1 atom stereocenters. The van der Waals surface area contributed by atoms with Crippen molar-refractivity contribution in [2.45, 2.75) is 46.1 Å². The van der Waals surface area contributed by atoms with Crippen molar-refractivity contribution >= 4 is 16.6 Å². The summed E-state index contributed by atoms with van der Waals surface area (Å²) in [5, 5.41) is 2.22. The number of ketones is 1. The van der Waals surface area contributed by atoms with E-state index in [2.05, 4.69) is 38.1 Å². The first kappa shape index (κ1) is 24.3. The van der Waals surface area contributed by atoms with Crippen molar-refractivity contribution in [2.75, 3.05) is 6.61 Å². The minimum Gasteiger partial charge on any atom is -0.490 e. The third kappa shape index (κ3) is 4.45. The molecule has 0 aromatic heterocycles. The fourth-order valence-electron chi connectivity index (χ4n) is 5.79. The molecule has 0 fully saturated rings. The lowest BCUT2D eigenvalue weighted by Crippen LogP contribution is -2.33. The molecule has 0 saturated heterocycles. The van der Waals surface area contributed by atoms with Gasteiger partial charge in [0, 0.05) is 29.9 Å². The number of hydrogen-bond acceptors (Lipinski definition) is 4. The Morgan fingerprint density at radius 1 is 0.868 bits per heavy atom. The average molecular weight is 505 g/mol. The van der Waals surface area contributed by atoms with E-state index in [1.807, 2.05) is 67.6 Å². The van der Waals surface area contributed by atoms with E-state index in [1.54, 1.807) is 0 Å². The third-order valence-corrected chi connectivity index (χ3v) is 7.46. The Kier molecular flexibility index (Phi) is 6.19. The summed E-state index contributed by atoms with van der Waals surface area (Å²) in [4.78, 5) is 13.7. The largest absolute Gasteiger partial charge is 0.490 e. The molecule has 1 aliphatic heterocycles. The Morgan fingerprint density at radius 2 is 1.66 bits per heavy atom. The van der Waals surface area contributed by atoms with Crippen LogP contribution in [-0.2, 0) is 11.4 Å². The monoisotopic (exact) mass is 504 g/mol. The van der Waals surface area contributed by atoms with Gasteiger partial charge in [-0.25, -0.2) is 0 Å². The minimum atomic E-state index is -0.245. The van der Waals surface area contributed by atoms with Gasteiger partial charge < -0.3 is 14.2 Å². The smallest absolute Gasteiger partial charge is 0.163 e. The molecule has 0 bridgehead atoms. The molecule has 1 aliphatic carbocycles. The van der Waals surface area contributed by atoms with Crippen LogP contribution < -0.4 is 14.2 Å². The van der Waals surface area contributed by atoms with Crippen LogP contribution in [0.2, 0.25) is 0 Å². The Morgan fingerprint density at radius 3 is 2.47 bits per heavy atom. The molecule has 1 unspecified atom stereocenters. The fraction of sp³-hybridized carbons (Fsp3) is 0.265. The molecule has 4 nitrogen and oxygen atoms in total. The van der Waals surface area contributed by atoms with E-state index < -0.39 is 0 Å². The number of ether oxygens (including phenoxy) is 3. The van der Waals surface area contributed by atoms with E-state index in [1.165, 1.54) is 0 Å². The number of carbonyl (C=O) groups is 1. The van der Waals surface area contributed by atoms with Gasteiger partial charge in [0.25, 0.3) is 0 Å². The first-order chi connectivity index (χ1) is 18.4. The van der Waals surface area contributed by atoms with E-state index in [9.17, 15) is 4.79 Å². The van der Waals surface area contributed by atoms with Crippen molar-refractivity contribution in [3.8, 4) is 17.2 Å². The number of hydrogen-bond donors (Lipinski definition) is 0. The predicted molar refractivity (Wildman–Crippen MR) is 150 cm³/mol. The molecule has 0 spiro atoms. The van der Waals surface area contributed by atoms with Crippen LogP contribution in [0.4, 0.5) is 0 Å².